The molecule has 1 atom stereocenters. The number of rotatable bonds is 27. The van der Waals surface area contributed by atoms with Crippen LogP contribution in [-0.4, -0.2) is 148 Å². The molecule has 0 aliphatic carbocycles. The van der Waals surface area contributed by atoms with Crippen LogP contribution in [0, 0.1) is 34.6 Å². The van der Waals surface area contributed by atoms with E-state index >= 15 is 0 Å². The molecule has 784 valence electrons. The SMILES string of the molecule is CC(=NN=C([S-])Nc1ccc(C)cc1)C(C)=NN=C([S-])Nc1ccc(CO)cc1.CC(=NN=C([S-])Nc1ccc(C)cc1)C(C)=NN=C([S-])Nc1ccc(CO)cc1.CC(=NN=C([S-])Nc1ccc(C)cc1)C(C)=NN=C([S-])Nc1ccc(CO)cc1.CC(=NN=C([S-])Nc1ccc(C)cc1)C(C)=NN=C([S-])Nc1ccc(CO)cc1.CC1=[N+]2NC(=Nc3ccc(C)cc3)SC23SC(=Nc2ccc(CO)cc2)N[N+]3=C1C.[Co+2].[Cu+2].[Ni+2].[Zn+2]. The van der Waals surface area contributed by atoms with Gasteiger partial charge in [0.25, 0.3) is 11.4 Å². The fraction of sp³-hybridized carbons (Fsp3) is 0.208. The second kappa shape index (κ2) is 66.6. The zero-order valence-corrected chi connectivity index (χ0v) is 98.2. The van der Waals surface area contributed by atoms with Crippen molar-refractivity contribution in [2.75, 3.05) is 42.5 Å². The van der Waals surface area contributed by atoms with Crippen LogP contribution in [0.3, 0.4) is 0 Å². The van der Waals surface area contributed by atoms with Crippen molar-refractivity contribution in [3.8, 4) is 0 Å². The van der Waals surface area contributed by atoms with Crippen molar-refractivity contribution in [2.45, 2.75) is 141 Å². The topological polar surface area (TPSA) is 450 Å². The number of aliphatic imine (C=N–C) groups is 2. The minimum Gasteiger partial charge on any atom is -0.741 e. The Hall–Kier alpha value is -12.0. The van der Waals surface area contributed by atoms with Gasteiger partial charge < -0.3 is 169 Å². The van der Waals surface area contributed by atoms with Gasteiger partial charge in [-0.05, 0) is 249 Å². The Morgan fingerprint density at radius 1 is 0.253 bits per heavy atom. The molecule has 3 heterocycles. The number of hydrogen-bond donors (Lipinski definition) is 15. The van der Waals surface area contributed by atoms with E-state index in [0.717, 1.165) is 129 Å². The second-order valence-electron chi connectivity index (χ2n) is 31.9. The molecule has 15 N–H and O–H groups in total. The van der Waals surface area contributed by atoms with E-state index in [4.69, 9.17) is 131 Å². The van der Waals surface area contributed by atoms with Crippen molar-refractivity contribution in [3.63, 3.8) is 0 Å². The Morgan fingerprint density at radius 3 is 0.553 bits per heavy atom. The van der Waals surface area contributed by atoms with Crippen molar-refractivity contribution in [2.24, 2.45) is 91.6 Å². The van der Waals surface area contributed by atoms with Crippen LogP contribution in [0.4, 0.5) is 56.9 Å². The molecule has 2 fully saturated rings. The summed E-state index contributed by atoms with van der Waals surface area (Å²) >= 11 is 44.7. The minimum absolute atomic E-state index is 0. The normalized spacial score (nSPS) is 15.4. The van der Waals surface area contributed by atoms with Gasteiger partial charge in [0.15, 0.2) is 0 Å². The van der Waals surface area contributed by atoms with Gasteiger partial charge in [-0.1, -0.05) is 149 Å². The first-order valence-corrected chi connectivity index (χ1v) is 49.6. The summed E-state index contributed by atoms with van der Waals surface area (Å²) in [4.78, 5) is 9.56. The number of nitrogens with zero attached hydrogens (tertiary/aromatic N) is 20. The van der Waals surface area contributed by atoms with Crippen LogP contribution in [-0.2, 0) is 204 Å². The molecule has 10 aromatic rings. The van der Waals surface area contributed by atoms with E-state index in [1.807, 2.05) is 161 Å². The van der Waals surface area contributed by atoms with E-state index in [1.54, 1.807) is 176 Å². The van der Waals surface area contributed by atoms with Crippen molar-refractivity contribution in [1.82, 2.24) is 10.9 Å². The first-order chi connectivity index (χ1) is 69.9. The summed E-state index contributed by atoms with van der Waals surface area (Å²) < 4.78 is 3.85. The molecule has 0 saturated carbocycles. The van der Waals surface area contributed by atoms with Gasteiger partial charge in [0.2, 0.25) is 10.3 Å². The number of nitrogens with one attached hydrogen (secondary N) is 10. The molecule has 1 unspecified atom stereocenters. The molecular formula is C101H110CoCuN30NiO5S10Zn+2. The summed E-state index contributed by atoms with van der Waals surface area (Å²) in [6.07, 6.45) is 0. The molecule has 2 saturated heterocycles. The Kier molecular flexibility index (Phi) is 57.1. The fourth-order valence-electron chi connectivity index (χ4n) is 11.5. The largest absolute Gasteiger partial charge is 2.00 e. The summed E-state index contributed by atoms with van der Waals surface area (Å²) in [5, 5.41) is 137. The number of aliphatic hydroxyl groups is 5. The van der Waals surface area contributed by atoms with Crippen LogP contribution in [0.25, 0.3) is 0 Å². The smallest absolute Gasteiger partial charge is 0.741 e. The molecule has 35 nitrogen and oxygen atoms in total. The zero-order chi connectivity index (χ0) is 106. The minimum atomic E-state index is -0.443. The average Bonchev–Trinajstić information content (AvgIpc) is 1.54. The van der Waals surface area contributed by atoms with Crippen LogP contribution in [0.1, 0.15) is 125 Å². The van der Waals surface area contributed by atoms with Gasteiger partial charge in [0.1, 0.15) is 0 Å². The molecule has 13 rings (SSSR count). The van der Waals surface area contributed by atoms with Crippen LogP contribution in [0.5, 0.6) is 0 Å². The first-order valence-electron chi connectivity index (χ1n) is 44.7. The van der Waals surface area contributed by atoms with E-state index in [9.17, 15) is 5.11 Å². The van der Waals surface area contributed by atoms with Gasteiger partial charge in [0, 0.05) is 101 Å². The molecule has 3 aliphatic heterocycles. The number of anilines is 8. The predicted molar refractivity (Wildman–Crippen MR) is 630 cm³/mol. The monoisotopic (exact) mass is 2390 g/mol. The summed E-state index contributed by atoms with van der Waals surface area (Å²) in [7, 11) is 0. The molecule has 150 heavy (non-hydrogen) atoms. The van der Waals surface area contributed by atoms with E-state index in [2.05, 4.69) is 177 Å². The third kappa shape index (κ3) is 44.5. The number of benzene rings is 10. The van der Waals surface area contributed by atoms with Gasteiger partial charge in [-0.3, -0.25) is 0 Å². The van der Waals surface area contributed by atoms with Crippen molar-refractivity contribution < 1.29 is 105 Å². The van der Waals surface area contributed by atoms with Crippen LogP contribution >= 0.6 is 23.5 Å². The van der Waals surface area contributed by atoms with Gasteiger partial charge in [0.05, 0.1) is 114 Å². The summed E-state index contributed by atoms with van der Waals surface area (Å²) in [5.41, 5.74) is 31.9. The average molecular weight is 2390 g/mol. The molecule has 10 aromatic carbocycles. The number of hydrazone groups is 2. The number of hydrazine groups is 2. The van der Waals surface area contributed by atoms with E-state index in [0.29, 0.717) is 45.7 Å². The number of amidine groups is 10. The van der Waals surface area contributed by atoms with E-state index in [-0.39, 0.29) is 144 Å². The maximum atomic E-state index is 9.23. The maximum absolute atomic E-state index is 9.23. The Balaban J connectivity index is 0.000000327. The molecular weight excluding hydrogens is 2280 g/mol. The fourth-order valence-corrected chi connectivity index (χ4v) is 15.6. The third-order valence-electron chi connectivity index (χ3n) is 20.4. The summed E-state index contributed by atoms with van der Waals surface area (Å²) in [6, 6.07) is 75.8. The Labute approximate surface area is 970 Å². The Bertz CT molecular complexity index is 6180. The molecule has 0 amide bonds. The molecule has 0 bridgehead atoms. The number of aliphatic hydroxyl groups excluding tert-OH is 5. The quantitative estimate of drug-likeness (QED) is 0.00568. The first kappa shape index (κ1) is 128. The van der Waals surface area contributed by atoms with Crippen molar-refractivity contribution in [1.29, 1.82) is 0 Å². The number of thioether (sulfide) groups is 2. The van der Waals surface area contributed by atoms with Crippen molar-refractivity contribution in [3.05, 3.63) is 298 Å². The maximum Gasteiger partial charge on any atom is 2.00 e. The Morgan fingerprint density at radius 2 is 0.393 bits per heavy atom. The molecule has 3 aliphatic rings. The number of aryl methyl sites for hydroxylation is 5. The van der Waals surface area contributed by atoms with Gasteiger partial charge in [-0.15, -0.1) is 10.9 Å². The second-order valence-corrected chi connectivity index (χ2v) is 37.6. The molecule has 49 heteroatoms. The standard InChI is InChI=1S/C21H21N6OS2.4C20H24N6OS2.Co.Cu.Ni.Zn/c1-13-4-8-17(9-5-13)22-19-24-26-14(2)15(3)27-21(26,29-19)30-20(25-27)23-18-10-6-16(12-28)7-11-18;4*1-13-4-8-17(9-5-13)21-19(28)25-23-14(2)15(3)24-26-20(29)22-18-10-6-16(12-27)7-11-18;;;;/h4-11,28H,12H2,1-3H3,(H,23,25);4*4-11,27H,12H2,1-3H3,(H2,21,25,28)(H2,22,26,29);;;;/q+1;;;;;4*+2/p-7. The molecule has 1 spiro atoms. The number of hydrogen-bond acceptors (Lipinski definition) is 33. The van der Waals surface area contributed by atoms with Gasteiger partial charge in [-0.2, -0.15) is 81.6 Å². The van der Waals surface area contributed by atoms with Gasteiger partial charge in [-0.25, -0.2) is 9.98 Å². The van der Waals surface area contributed by atoms with E-state index in [1.165, 1.54) is 5.56 Å². The van der Waals surface area contributed by atoms with Gasteiger partial charge >= 0.3 is 74.1 Å². The summed E-state index contributed by atoms with van der Waals surface area (Å²) in [5.74, 6) is 0. The van der Waals surface area contributed by atoms with Crippen LogP contribution in [0.2, 0.25) is 0 Å². The third-order valence-corrected chi connectivity index (χ3v) is 24.4. The van der Waals surface area contributed by atoms with Crippen LogP contribution < -0.4 is 53.4 Å². The predicted octanol–water partition coefficient (Wildman–Crippen LogP) is 17.5. The van der Waals surface area contributed by atoms with Crippen molar-refractivity contribution >= 4 is 290 Å². The summed E-state index contributed by atoms with van der Waals surface area (Å²) in [6.45, 7) is 28.4. The van der Waals surface area contributed by atoms with E-state index < -0.39 is 4.33 Å². The zero-order valence-electron chi connectivity index (χ0n) is 84.1. The molecule has 0 aromatic heterocycles. The molecule has 2 radical (unpaired) electrons. The van der Waals surface area contributed by atoms with Crippen LogP contribution in [0.15, 0.2) is 334 Å².